The van der Waals surface area contributed by atoms with Crippen molar-refractivity contribution in [1.29, 1.82) is 0 Å². The molecule has 0 radical (unpaired) electrons. The van der Waals surface area contributed by atoms with E-state index in [0.717, 1.165) is 6.42 Å². The molecule has 2 rings (SSSR count). The summed E-state index contributed by atoms with van der Waals surface area (Å²) < 4.78 is 31.7. The second-order valence-corrected chi connectivity index (χ2v) is 5.80. The summed E-state index contributed by atoms with van der Waals surface area (Å²) in [7, 11) is 0. The highest BCUT2D eigenvalue weighted by atomic mass is 19.1. The molecule has 5 heteroatoms. The molecule has 0 aliphatic rings. The van der Waals surface area contributed by atoms with E-state index in [1.54, 1.807) is 18.5 Å². The highest BCUT2D eigenvalue weighted by molar-refractivity contribution is 5.55. The van der Waals surface area contributed by atoms with Crippen LogP contribution in [0.3, 0.4) is 0 Å². The first-order valence-corrected chi connectivity index (χ1v) is 8.54. The Balaban J connectivity index is 1.81. The van der Waals surface area contributed by atoms with E-state index < -0.39 is 12.5 Å². The molecule has 2 aromatic rings. The number of benzene rings is 1. The lowest BCUT2D eigenvalue weighted by molar-refractivity contribution is 0.302. The van der Waals surface area contributed by atoms with E-state index in [0.29, 0.717) is 23.7 Å². The third kappa shape index (κ3) is 5.55. The van der Waals surface area contributed by atoms with Gasteiger partial charge in [0, 0.05) is 11.1 Å². The van der Waals surface area contributed by atoms with Gasteiger partial charge < -0.3 is 4.74 Å². The van der Waals surface area contributed by atoms with Crippen LogP contribution < -0.4 is 4.74 Å². The van der Waals surface area contributed by atoms with Crippen molar-refractivity contribution < 1.29 is 13.5 Å². The topological polar surface area (TPSA) is 35.0 Å². The molecule has 0 fully saturated rings. The molecular weight excluding hydrogens is 310 g/mol. The molecule has 0 N–H and O–H groups in total. The van der Waals surface area contributed by atoms with Gasteiger partial charge in [0.2, 0.25) is 0 Å². The van der Waals surface area contributed by atoms with Crippen molar-refractivity contribution in [3.05, 3.63) is 42.0 Å². The Hall–Kier alpha value is -2.04. The number of alkyl halides is 1. The van der Waals surface area contributed by atoms with Gasteiger partial charge in [-0.25, -0.2) is 18.7 Å². The summed E-state index contributed by atoms with van der Waals surface area (Å²) in [5.74, 6) is 0.418. The molecule has 0 unspecified atom stereocenters. The number of aromatic nitrogens is 2. The first-order valence-electron chi connectivity index (χ1n) is 8.54. The van der Waals surface area contributed by atoms with Gasteiger partial charge in [0.1, 0.15) is 12.5 Å². The quantitative estimate of drug-likeness (QED) is 0.539. The maximum Gasteiger partial charge on any atom is 0.159 e. The molecular formula is C19H24F2N2O. The number of rotatable bonds is 10. The summed E-state index contributed by atoms with van der Waals surface area (Å²) in [5, 5.41) is 0. The number of ether oxygens (including phenoxy) is 1. The van der Waals surface area contributed by atoms with Gasteiger partial charge in [-0.15, -0.1) is 0 Å². The number of hydrogen-bond acceptors (Lipinski definition) is 3. The van der Waals surface area contributed by atoms with E-state index in [1.807, 2.05) is 0 Å². The highest BCUT2D eigenvalue weighted by Crippen LogP contribution is 2.20. The van der Waals surface area contributed by atoms with E-state index >= 15 is 0 Å². The van der Waals surface area contributed by atoms with Crippen LogP contribution in [0.2, 0.25) is 0 Å². The summed E-state index contributed by atoms with van der Waals surface area (Å²) in [6.07, 6.45) is 10.4. The van der Waals surface area contributed by atoms with E-state index in [-0.39, 0.29) is 5.56 Å². The number of unbranched alkanes of at least 4 members (excludes halogenated alkanes) is 5. The molecule has 24 heavy (non-hydrogen) atoms. The van der Waals surface area contributed by atoms with Gasteiger partial charge in [0.05, 0.1) is 19.0 Å². The second-order valence-electron chi connectivity index (χ2n) is 5.80. The zero-order valence-electron chi connectivity index (χ0n) is 14.1. The standard InChI is InChI=1S/C19H24F2N2O/c1-2-3-4-5-6-7-10-24-17-13-22-19(23-14-17)15-8-9-16(12-20)18(21)11-15/h8-9,11,13-14H,2-7,10,12H2,1H3. The van der Waals surface area contributed by atoms with Crippen molar-refractivity contribution in [2.24, 2.45) is 0 Å². The molecule has 0 saturated heterocycles. The van der Waals surface area contributed by atoms with Gasteiger partial charge in [0.15, 0.2) is 11.6 Å². The monoisotopic (exact) mass is 334 g/mol. The number of nitrogens with zero attached hydrogens (tertiary/aromatic N) is 2. The van der Waals surface area contributed by atoms with Gasteiger partial charge >= 0.3 is 0 Å². The van der Waals surface area contributed by atoms with Gasteiger partial charge in [-0.05, 0) is 12.5 Å². The van der Waals surface area contributed by atoms with Crippen LogP contribution in [0.4, 0.5) is 8.78 Å². The SMILES string of the molecule is CCCCCCCCOc1cnc(-c2ccc(CF)c(F)c2)nc1. The fraction of sp³-hybridized carbons (Fsp3) is 0.474. The summed E-state index contributed by atoms with van der Waals surface area (Å²) in [6.45, 7) is 2.03. The van der Waals surface area contributed by atoms with Crippen LogP contribution in [0.5, 0.6) is 5.75 Å². The van der Waals surface area contributed by atoms with Crippen molar-refractivity contribution in [2.75, 3.05) is 6.61 Å². The molecule has 3 nitrogen and oxygen atoms in total. The summed E-state index contributed by atoms with van der Waals surface area (Å²) in [4.78, 5) is 8.38. The van der Waals surface area contributed by atoms with E-state index in [4.69, 9.17) is 4.74 Å². The predicted molar refractivity (Wildman–Crippen MR) is 91.1 cm³/mol. The van der Waals surface area contributed by atoms with E-state index in [2.05, 4.69) is 16.9 Å². The number of halogens is 2. The first-order chi connectivity index (χ1) is 11.7. The Morgan fingerprint density at radius 3 is 2.38 bits per heavy atom. The van der Waals surface area contributed by atoms with Crippen LogP contribution in [-0.4, -0.2) is 16.6 Å². The minimum absolute atomic E-state index is 0.0395. The maximum atomic E-state index is 13.6. The molecule has 0 aliphatic heterocycles. The fourth-order valence-corrected chi connectivity index (χ4v) is 2.41. The predicted octanol–water partition coefficient (Wildman–Crippen LogP) is 5.49. The third-order valence-electron chi connectivity index (χ3n) is 3.85. The summed E-state index contributed by atoms with van der Waals surface area (Å²) in [5.41, 5.74) is 0.560. The maximum absolute atomic E-state index is 13.6. The molecule has 0 saturated carbocycles. The molecule has 130 valence electrons. The van der Waals surface area contributed by atoms with Gasteiger partial charge in [0.25, 0.3) is 0 Å². The smallest absolute Gasteiger partial charge is 0.159 e. The van der Waals surface area contributed by atoms with Crippen LogP contribution in [0, 0.1) is 5.82 Å². The molecule has 1 heterocycles. The Kier molecular flexibility index (Phi) is 7.59. The van der Waals surface area contributed by atoms with Gasteiger partial charge in [-0.1, -0.05) is 51.2 Å². The van der Waals surface area contributed by atoms with Crippen LogP contribution in [0.1, 0.15) is 51.0 Å². The Morgan fingerprint density at radius 1 is 1.00 bits per heavy atom. The van der Waals surface area contributed by atoms with Crippen LogP contribution in [0.25, 0.3) is 11.4 Å². The Morgan fingerprint density at radius 2 is 1.71 bits per heavy atom. The normalized spacial score (nSPS) is 10.8. The van der Waals surface area contributed by atoms with Gasteiger partial charge in [-0.3, -0.25) is 0 Å². The molecule has 0 spiro atoms. The zero-order chi connectivity index (χ0) is 17.2. The molecule has 1 aromatic carbocycles. The average Bonchev–Trinajstić information content (AvgIpc) is 2.61. The average molecular weight is 334 g/mol. The molecule has 0 amide bonds. The van der Waals surface area contributed by atoms with Gasteiger partial charge in [-0.2, -0.15) is 0 Å². The molecule has 0 bridgehead atoms. The summed E-state index contributed by atoms with van der Waals surface area (Å²) in [6, 6.07) is 4.28. The molecule has 0 atom stereocenters. The lowest BCUT2D eigenvalue weighted by atomic mass is 10.1. The van der Waals surface area contributed by atoms with Crippen LogP contribution in [-0.2, 0) is 6.67 Å². The van der Waals surface area contributed by atoms with Crippen molar-refractivity contribution in [1.82, 2.24) is 9.97 Å². The second kappa shape index (κ2) is 9.96. The zero-order valence-corrected chi connectivity index (χ0v) is 14.1. The van der Waals surface area contributed by atoms with Crippen LogP contribution >= 0.6 is 0 Å². The van der Waals surface area contributed by atoms with Crippen molar-refractivity contribution >= 4 is 0 Å². The molecule has 0 aliphatic carbocycles. The first kappa shape index (κ1) is 18.3. The number of hydrogen-bond donors (Lipinski definition) is 0. The van der Waals surface area contributed by atoms with Crippen molar-refractivity contribution in [3.63, 3.8) is 0 Å². The highest BCUT2D eigenvalue weighted by Gasteiger charge is 2.07. The largest absolute Gasteiger partial charge is 0.490 e. The third-order valence-corrected chi connectivity index (χ3v) is 3.85. The minimum Gasteiger partial charge on any atom is -0.490 e. The van der Waals surface area contributed by atoms with E-state index in [1.165, 1.54) is 44.2 Å². The van der Waals surface area contributed by atoms with Crippen molar-refractivity contribution in [3.8, 4) is 17.1 Å². The minimum atomic E-state index is -0.821. The molecule has 1 aromatic heterocycles. The lowest BCUT2D eigenvalue weighted by Crippen LogP contribution is -1.99. The van der Waals surface area contributed by atoms with Crippen molar-refractivity contribution in [2.45, 2.75) is 52.1 Å². The summed E-state index contributed by atoms with van der Waals surface area (Å²) >= 11 is 0. The lowest BCUT2D eigenvalue weighted by Gasteiger charge is -2.07. The van der Waals surface area contributed by atoms with Crippen LogP contribution in [0.15, 0.2) is 30.6 Å². The Labute approximate surface area is 142 Å². The van der Waals surface area contributed by atoms with E-state index in [9.17, 15) is 8.78 Å². The Bertz CT molecular complexity index is 617. The fourth-order valence-electron chi connectivity index (χ4n) is 2.41.